The summed E-state index contributed by atoms with van der Waals surface area (Å²) >= 11 is 0. The lowest BCUT2D eigenvalue weighted by molar-refractivity contribution is -0.550. The van der Waals surface area contributed by atoms with Crippen LogP contribution in [0.2, 0.25) is 0 Å². The van der Waals surface area contributed by atoms with Crippen LogP contribution in [0.3, 0.4) is 0 Å². The number of hydrogen-bond acceptors (Lipinski definition) is 7. The maximum atomic E-state index is 12.0. The maximum absolute atomic E-state index is 12.0. The van der Waals surface area contributed by atoms with E-state index in [0.29, 0.717) is 5.92 Å². The predicted octanol–water partition coefficient (Wildman–Crippen LogP) is 2.21. The van der Waals surface area contributed by atoms with Gasteiger partial charge in [-0.1, -0.05) is 13.8 Å². The number of esters is 1. The van der Waals surface area contributed by atoms with Gasteiger partial charge in [-0.3, -0.25) is 9.59 Å². The zero-order chi connectivity index (χ0) is 18.5. The minimum Gasteiger partial charge on any atom is -0.481 e. The molecule has 26 heavy (non-hydrogen) atoms. The van der Waals surface area contributed by atoms with Crippen LogP contribution in [0.15, 0.2) is 0 Å². The Balaban J connectivity index is 1.55. The van der Waals surface area contributed by atoms with Crippen LogP contribution in [-0.2, 0) is 33.6 Å². The van der Waals surface area contributed by atoms with Crippen LogP contribution >= 0.6 is 0 Å². The van der Waals surface area contributed by atoms with E-state index in [1.165, 1.54) is 0 Å². The summed E-state index contributed by atoms with van der Waals surface area (Å²) in [7, 11) is 0. The highest BCUT2D eigenvalue weighted by Crippen LogP contribution is 2.58. The van der Waals surface area contributed by atoms with Gasteiger partial charge < -0.3 is 19.3 Å². The molecule has 5 rings (SSSR count). The molecule has 4 aliphatic heterocycles. The lowest BCUT2D eigenvalue weighted by atomic mass is 9.58. The third-order valence-corrected chi connectivity index (χ3v) is 6.55. The van der Waals surface area contributed by atoms with Crippen LogP contribution in [0.25, 0.3) is 0 Å². The van der Waals surface area contributed by atoms with Crippen LogP contribution in [0.5, 0.6) is 0 Å². The van der Waals surface area contributed by atoms with Crippen molar-refractivity contribution < 1.29 is 38.7 Å². The summed E-state index contributed by atoms with van der Waals surface area (Å²) in [5, 5.41) is 8.73. The zero-order valence-corrected chi connectivity index (χ0v) is 15.1. The molecule has 0 amide bonds. The van der Waals surface area contributed by atoms with Crippen molar-refractivity contribution in [1.29, 1.82) is 0 Å². The predicted molar refractivity (Wildman–Crippen MR) is 85.2 cm³/mol. The van der Waals surface area contributed by atoms with Crippen LogP contribution in [-0.4, -0.2) is 41.5 Å². The van der Waals surface area contributed by atoms with Gasteiger partial charge in [-0.2, -0.15) is 0 Å². The molecule has 8 heteroatoms. The minimum atomic E-state index is -1.03. The van der Waals surface area contributed by atoms with E-state index in [9.17, 15) is 9.59 Å². The molecule has 1 N–H and O–H groups in total. The van der Waals surface area contributed by atoms with Gasteiger partial charge in [0.2, 0.25) is 6.29 Å². The average molecular weight is 370 g/mol. The molecule has 5 aliphatic rings. The molecule has 0 aromatic rings. The van der Waals surface area contributed by atoms with Crippen molar-refractivity contribution in [3.63, 3.8) is 0 Å². The molecule has 2 bridgehead atoms. The van der Waals surface area contributed by atoms with E-state index in [-0.39, 0.29) is 30.6 Å². The molecule has 4 saturated heterocycles. The van der Waals surface area contributed by atoms with Gasteiger partial charge in [0.1, 0.15) is 0 Å². The van der Waals surface area contributed by atoms with E-state index in [2.05, 4.69) is 6.92 Å². The van der Waals surface area contributed by atoms with Gasteiger partial charge in [0.25, 0.3) is 0 Å². The molecule has 0 aromatic heterocycles. The number of rotatable bonds is 4. The number of hydrogen-bond donors (Lipinski definition) is 1. The summed E-state index contributed by atoms with van der Waals surface area (Å²) in [4.78, 5) is 34.1. The SMILES string of the molecule is C[C@H]1[C@@H](OC(=O)CCC(=O)O)O[C@@H]2O[C@H]3CC[C@H]4[C@H](C)CC[C@@H]1[C@@]24OO3. The molecule has 1 saturated carbocycles. The Bertz CT molecular complexity index is 580. The Morgan fingerprint density at radius 1 is 1.08 bits per heavy atom. The van der Waals surface area contributed by atoms with Gasteiger partial charge in [0.05, 0.1) is 12.8 Å². The maximum Gasteiger partial charge on any atom is 0.308 e. The number of fused-ring (bicyclic) bond motifs is 2. The normalized spacial score (nSPS) is 46.9. The van der Waals surface area contributed by atoms with E-state index >= 15 is 0 Å². The number of ether oxygens (including phenoxy) is 3. The topological polar surface area (TPSA) is 101 Å². The molecule has 0 unspecified atom stereocenters. The second-order valence-electron chi connectivity index (χ2n) is 8.02. The molecule has 8 nitrogen and oxygen atoms in total. The summed E-state index contributed by atoms with van der Waals surface area (Å²) < 4.78 is 17.5. The van der Waals surface area contributed by atoms with Gasteiger partial charge >= 0.3 is 11.9 Å². The first kappa shape index (κ1) is 18.2. The Hall–Kier alpha value is -1.22. The van der Waals surface area contributed by atoms with Crippen molar-refractivity contribution >= 4 is 11.9 Å². The fourth-order valence-electron chi connectivity index (χ4n) is 5.23. The molecule has 4 heterocycles. The second-order valence-corrected chi connectivity index (χ2v) is 8.02. The van der Waals surface area contributed by atoms with Gasteiger partial charge in [-0.05, 0) is 31.1 Å². The Morgan fingerprint density at radius 3 is 2.62 bits per heavy atom. The molecule has 146 valence electrons. The van der Waals surface area contributed by atoms with Crippen LogP contribution < -0.4 is 0 Å². The number of carbonyl (C=O) groups is 2. The monoisotopic (exact) mass is 370 g/mol. The Labute approximate surface area is 152 Å². The van der Waals surface area contributed by atoms with Crippen molar-refractivity contribution in [2.24, 2.45) is 23.7 Å². The summed E-state index contributed by atoms with van der Waals surface area (Å²) in [6.45, 7) is 4.22. The quantitative estimate of drug-likeness (QED) is 0.594. The number of carboxylic acid groups (broad SMARTS) is 1. The number of aliphatic carboxylic acids is 1. The fourth-order valence-corrected chi connectivity index (χ4v) is 5.23. The van der Waals surface area contributed by atoms with Crippen molar-refractivity contribution in [2.45, 2.75) is 76.8 Å². The standard InChI is InChI=1S/C18H26O8/c1-9-3-4-12-10(2)16(22-14(21)7-6-13(19)20)24-17-18(12)11(9)5-8-15(23-17)25-26-18/h9-12,15-17H,3-8H2,1-2H3,(H,19,20)/t9-,10-,11+,12+,15-,16+,17+,18-/m1/s1. The smallest absolute Gasteiger partial charge is 0.308 e. The third kappa shape index (κ3) is 2.83. The van der Waals surface area contributed by atoms with Crippen LogP contribution in [0, 0.1) is 23.7 Å². The number of carboxylic acids is 1. The first-order valence-corrected chi connectivity index (χ1v) is 9.48. The van der Waals surface area contributed by atoms with E-state index in [0.717, 1.165) is 25.7 Å². The molecular formula is C18H26O8. The largest absolute Gasteiger partial charge is 0.481 e. The Kier molecular flexibility index (Phi) is 4.71. The van der Waals surface area contributed by atoms with Crippen molar-refractivity contribution in [3.8, 4) is 0 Å². The van der Waals surface area contributed by atoms with E-state index < -0.39 is 36.4 Å². The molecule has 0 aromatic carbocycles. The highest BCUT2D eigenvalue weighted by Gasteiger charge is 2.68. The average Bonchev–Trinajstić information content (AvgIpc) is 2.88. The minimum absolute atomic E-state index is 0.0822. The van der Waals surface area contributed by atoms with Gasteiger partial charge in [-0.15, -0.1) is 0 Å². The summed E-state index contributed by atoms with van der Waals surface area (Å²) in [6, 6.07) is 0. The van der Waals surface area contributed by atoms with Gasteiger partial charge in [-0.25, -0.2) is 9.78 Å². The summed E-state index contributed by atoms with van der Waals surface area (Å²) in [5.41, 5.74) is -0.673. The van der Waals surface area contributed by atoms with E-state index in [1.54, 1.807) is 0 Å². The van der Waals surface area contributed by atoms with Crippen LogP contribution in [0.1, 0.15) is 52.4 Å². The first-order chi connectivity index (χ1) is 12.4. The Morgan fingerprint density at radius 2 is 1.85 bits per heavy atom. The highest BCUT2D eigenvalue weighted by atomic mass is 17.2. The highest BCUT2D eigenvalue weighted by molar-refractivity contribution is 5.76. The molecule has 8 atom stereocenters. The molecule has 5 fully saturated rings. The number of carbonyl (C=O) groups excluding carboxylic acids is 1. The fraction of sp³-hybridized carbons (Fsp3) is 0.889. The second kappa shape index (κ2) is 6.74. The lowest BCUT2D eigenvalue weighted by Crippen LogP contribution is -2.69. The van der Waals surface area contributed by atoms with E-state index in [4.69, 9.17) is 29.1 Å². The molecule has 0 radical (unpaired) electrons. The van der Waals surface area contributed by atoms with Gasteiger partial charge in [0.15, 0.2) is 18.2 Å². The first-order valence-electron chi connectivity index (χ1n) is 9.48. The molecule has 1 spiro atoms. The van der Waals surface area contributed by atoms with Crippen LogP contribution in [0.4, 0.5) is 0 Å². The van der Waals surface area contributed by atoms with Crippen molar-refractivity contribution in [3.05, 3.63) is 0 Å². The summed E-state index contributed by atoms with van der Waals surface area (Å²) in [6.07, 6.45) is 1.38. The van der Waals surface area contributed by atoms with Crippen molar-refractivity contribution in [2.75, 3.05) is 0 Å². The van der Waals surface area contributed by atoms with Crippen molar-refractivity contribution in [1.82, 2.24) is 0 Å². The third-order valence-electron chi connectivity index (χ3n) is 6.55. The molecule has 1 aliphatic carbocycles. The van der Waals surface area contributed by atoms with E-state index in [1.807, 2.05) is 6.92 Å². The zero-order valence-electron chi connectivity index (χ0n) is 15.1. The molecular weight excluding hydrogens is 344 g/mol. The van der Waals surface area contributed by atoms with Gasteiger partial charge in [0, 0.05) is 18.3 Å². The lowest BCUT2D eigenvalue weighted by Gasteiger charge is -2.59. The summed E-state index contributed by atoms with van der Waals surface area (Å²) in [5.74, 6) is -0.877.